The van der Waals surface area contributed by atoms with Crippen LogP contribution in [0.5, 0.6) is 0 Å². The van der Waals surface area contributed by atoms with Gasteiger partial charge in [0.1, 0.15) is 17.5 Å². The van der Waals surface area contributed by atoms with Crippen molar-refractivity contribution in [1.29, 1.82) is 0 Å². The zero-order chi connectivity index (χ0) is 40.6. The Morgan fingerprint density at radius 3 is 2.49 bits per heavy atom. The van der Waals surface area contributed by atoms with Crippen molar-refractivity contribution >= 4 is 34.8 Å². The fourth-order valence-corrected chi connectivity index (χ4v) is 11.6. The number of benzene rings is 2. The molecule has 0 radical (unpaired) electrons. The number of amides is 3. The van der Waals surface area contributed by atoms with E-state index in [-0.39, 0.29) is 36.2 Å². The van der Waals surface area contributed by atoms with Gasteiger partial charge in [-0.05, 0) is 131 Å². The number of piperazine rings is 1. The Labute approximate surface area is 347 Å². The Morgan fingerprint density at radius 2 is 1.75 bits per heavy atom. The van der Waals surface area contributed by atoms with Gasteiger partial charge in [-0.2, -0.15) is 0 Å². The molecular formula is C47H57FN8O3. The summed E-state index contributed by atoms with van der Waals surface area (Å²) in [6.45, 7) is 11.6. The number of fused-ring (bicyclic) bond motifs is 5. The highest BCUT2D eigenvalue weighted by Gasteiger charge is 2.45. The van der Waals surface area contributed by atoms with E-state index >= 15 is 4.39 Å². The van der Waals surface area contributed by atoms with E-state index in [0.29, 0.717) is 37.2 Å². The lowest BCUT2D eigenvalue weighted by Gasteiger charge is -2.43. The van der Waals surface area contributed by atoms with Crippen LogP contribution in [0.2, 0.25) is 0 Å². The number of rotatable bonds is 10. The summed E-state index contributed by atoms with van der Waals surface area (Å²) >= 11 is 0. The van der Waals surface area contributed by atoms with E-state index < -0.39 is 11.7 Å². The molecule has 6 aliphatic heterocycles. The van der Waals surface area contributed by atoms with Gasteiger partial charge in [-0.3, -0.25) is 34.5 Å². The van der Waals surface area contributed by atoms with Crippen LogP contribution in [0.4, 0.5) is 15.9 Å². The van der Waals surface area contributed by atoms with Gasteiger partial charge in [0.25, 0.3) is 5.91 Å². The third-order valence-corrected chi connectivity index (χ3v) is 14.5. The number of carbonyl (C=O) groups excluding carboxylic acids is 3. The van der Waals surface area contributed by atoms with Gasteiger partial charge in [-0.1, -0.05) is 24.3 Å². The van der Waals surface area contributed by atoms with Crippen LogP contribution in [0, 0.1) is 5.92 Å². The monoisotopic (exact) mass is 800 g/mol. The molecule has 3 aromatic rings. The molecule has 59 heavy (non-hydrogen) atoms. The Kier molecular flexibility index (Phi) is 9.86. The minimum atomic E-state index is -1.32. The summed E-state index contributed by atoms with van der Waals surface area (Å²) in [6.07, 6.45) is 12.3. The molecule has 0 saturated carbocycles. The number of alkyl halides is 1. The standard InChI is InChI=1S/C47H57FN8O3/c1-29-19-38-36-9-5-4-8-31(36)21-39(38)44(56(29)28-47(2,3)48)40-23-50-42(24-49-40)52-17-14-30(15-18-52)7-6-16-53-26-35-22-34(53)27-54(35)33-10-11-37-32(20-33)25-55(46(37)59)41-12-13-43(57)51-45(41)58/h4-5,8-11,20,23-24,29-30,34-35,41,44H,6-7,12-19,21-22,25-28H2,1-3H3,(H,51,57,58)/t29-,34-,35-,41?,44+/m1/s1. The summed E-state index contributed by atoms with van der Waals surface area (Å²) in [4.78, 5) is 59.0. The molecule has 310 valence electrons. The lowest BCUT2D eigenvalue weighted by Crippen LogP contribution is -2.52. The number of likely N-dealkylation sites (tertiary alicyclic amines) is 1. The number of piperidine rings is 2. The normalized spacial score (nSPS) is 27.5. The fraction of sp³-hybridized carbons (Fsp3) is 0.553. The van der Waals surface area contributed by atoms with E-state index in [0.717, 1.165) is 74.2 Å². The highest BCUT2D eigenvalue weighted by Crippen LogP contribution is 2.49. The van der Waals surface area contributed by atoms with Crippen LogP contribution in [0.3, 0.4) is 0 Å². The average Bonchev–Trinajstić information content (AvgIpc) is 4.00. The van der Waals surface area contributed by atoms with Crippen LogP contribution in [-0.2, 0) is 22.6 Å². The molecule has 7 aliphatic rings. The van der Waals surface area contributed by atoms with Gasteiger partial charge < -0.3 is 14.7 Å². The van der Waals surface area contributed by atoms with E-state index in [1.165, 1.54) is 54.4 Å². The van der Waals surface area contributed by atoms with Crippen molar-refractivity contribution in [3.63, 3.8) is 0 Å². The van der Waals surface area contributed by atoms with Crippen molar-refractivity contribution in [3.05, 3.63) is 88.4 Å². The van der Waals surface area contributed by atoms with Crippen LogP contribution in [-0.4, -0.2) is 111 Å². The molecule has 1 aliphatic carbocycles. The summed E-state index contributed by atoms with van der Waals surface area (Å²) in [5, 5.41) is 2.40. The summed E-state index contributed by atoms with van der Waals surface area (Å²) in [5.74, 6) is 0.910. The fourth-order valence-electron chi connectivity index (χ4n) is 11.6. The Balaban J connectivity index is 0.705. The zero-order valence-corrected chi connectivity index (χ0v) is 34.7. The Morgan fingerprint density at radius 1 is 0.915 bits per heavy atom. The number of nitrogens with one attached hydrogen (secondary N) is 1. The van der Waals surface area contributed by atoms with Crippen molar-refractivity contribution in [2.75, 3.05) is 49.1 Å². The van der Waals surface area contributed by atoms with Gasteiger partial charge in [0, 0.05) is 75.1 Å². The maximum Gasteiger partial charge on any atom is 0.255 e. The zero-order valence-electron chi connectivity index (χ0n) is 34.7. The SMILES string of the molecule is C[C@@H]1CC2=C(Cc3ccccc32)[C@@H](c2cnc(N3CCC(CCCN4C[C@H]5C[C@@H]4CN5c4ccc5c(c4)CN(C4CCC(=O)NC4=O)C5=O)CC3)cn2)N1CC(C)(C)F. The maximum absolute atomic E-state index is 15.2. The minimum absolute atomic E-state index is 0.0803. The molecule has 7 heterocycles. The molecule has 1 N–H and O–H groups in total. The molecule has 12 heteroatoms. The van der Waals surface area contributed by atoms with E-state index in [1.54, 1.807) is 18.7 Å². The Hall–Kier alpha value is -4.68. The molecule has 1 unspecified atom stereocenters. The maximum atomic E-state index is 15.2. The first kappa shape index (κ1) is 38.5. The molecule has 1 aromatic heterocycles. The van der Waals surface area contributed by atoms with E-state index in [1.807, 2.05) is 18.5 Å². The van der Waals surface area contributed by atoms with Crippen LogP contribution < -0.4 is 15.1 Å². The minimum Gasteiger partial charge on any atom is -0.366 e. The number of anilines is 2. The van der Waals surface area contributed by atoms with E-state index in [2.05, 4.69) is 68.2 Å². The first-order valence-electron chi connectivity index (χ1n) is 22.1. The van der Waals surface area contributed by atoms with E-state index in [9.17, 15) is 14.4 Å². The Bertz CT molecular complexity index is 2180. The second-order valence-corrected chi connectivity index (χ2v) is 19.0. The number of carbonyl (C=O) groups is 3. The van der Waals surface area contributed by atoms with Gasteiger partial charge in [0.2, 0.25) is 11.8 Å². The third kappa shape index (κ3) is 7.23. The third-order valence-electron chi connectivity index (χ3n) is 14.5. The summed E-state index contributed by atoms with van der Waals surface area (Å²) in [6, 6.07) is 15.4. The number of nitrogens with zero attached hydrogens (tertiary/aromatic N) is 7. The molecule has 3 amide bonds. The molecule has 4 fully saturated rings. The van der Waals surface area contributed by atoms with Crippen LogP contribution in [0.15, 0.2) is 60.4 Å². The molecular weight excluding hydrogens is 744 g/mol. The van der Waals surface area contributed by atoms with Gasteiger partial charge in [0.05, 0.1) is 24.1 Å². The van der Waals surface area contributed by atoms with Crippen molar-refractivity contribution < 1.29 is 18.8 Å². The molecule has 2 bridgehead atoms. The molecule has 2 aromatic carbocycles. The van der Waals surface area contributed by atoms with Gasteiger partial charge in [0.15, 0.2) is 0 Å². The van der Waals surface area contributed by atoms with Crippen LogP contribution in [0.1, 0.15) is 111 Å². The second-order valence-electron chi connectivity index (χ2n) is 19.0. The van der Waals surface area contributed by atoms with Crippen LogP contribution in [0.25, 0.3) is 5.57 Å². The second kappa shape index (κ2) is 15.1. The number of aromatic nitrogens is 2. The lowest BCUT2D eigenvalue weighted by molar-refractivity contribution is -0.136. The summed E-state index contributed by atoms with van der Waals surface area (Å²) in [5.41, 5.74) is 7.88. The molecule has 11 nitrogen and oxygen atoms in total. The predicted molar refractivity (Wildman–Crippen MR) is 226 cm³/mol. The number of halogens is 1. The molecule has 5 atom stereocenters. The van der Waals surface area contributed by atoms with Crippen molar-refractivity contribution in [3.8, 4) is 0 Å². The lowest BCUT2D eigenvalue weighted by atomic mass is 9.86. The van der Waals surface area contributed by atoms with Crippen molar-refractivity contribution in [2.24, 2.45) is 5.92 Å². The topological polar surface area (TPSA) is 105 Å². The number of imide groups is 1. The number of hydrogen-bond donors (Lipinski definition) is 1. The largest absolute Gasteiger partial charge is 0.366 e. The predicted octanol–water partition coefficient (Wildman–Crippen LogP) is 6.09. The van der Waals surface area contributed by atoms with Gasteiger partial charge >= 0.3 is 0 Å². The number of hydrogen-bond acceptors (Lipinski definition) is 9. The van der Waals surface area contributed by atoms with Crippen molar-refractivity contribution in [2.45, 2.75) is 121 Å². The van der Waals surface area contributed by atoms with Gasteiger partial charge in [-0.25, -0.2) is 9.37 Å². The first-order chi connectivity index (χ1) is 28.5. The summed E-state index contributed by atoms with van der Waals surface area (Å²) < 4.78 is 15.2. The molecule has 10 rings (SSSR count). The highest BCUT2D eigenvalue weighted by atomic mass is 19.1. The van der Waals surface area contributed by atoms with Crippen molar-refractivity contribution in [1.82, 2.24) is 30.0 Å². The molecule has 4 saturated heterocycles. The average molecular weight is 801 g/mol. The first-order valence-corrected chi connectivity index (χ1v) is 22.1. The quantitative estimate of drug-likeness (QED) is 0.244. The van der Waals surface area contributed by atoms with Gasteiger partial charge in [-0.15, -0.1) is 0 Å². The molecule has 0 spiro atoms. The smallest absolute Gasteiger partial charge is 0.255 e. The van der Waals surface area contributed by atoms with E-state index in [4.69, 9.17) is 9.97 Å². The highest BCUT2D eigenvalue weighted by molar-refractivity contribution is 6.05. The van der Waals surface area contributed by atoms with Crippen LogP contribution >= 0.6 is 0 Å². The summed E-state index contributed by atoms with van der Waals surface area (Å²) in [7, 11) is 0.